The van der Waals surface area contributed by atoms with Crippen LogP contribution in [0.25, 0.3) is 5.78 Å². The van der Waals surface area contributed by atoms with Crippen LogP contribution in [0.3, 0.4) is 0 Å². The number of rotatable bonds is 3. The molecular weight excluding hydrogens is 338 g/mol. The van der Waals surface area contributed by atoms with Crippen LogP contribution in [0.4, 0.5) is 10.5 Å². The van der Waals surface area contributed by atoms with Gasteiger partial charge in [0.05, 0.1) is 0 Å². The Balaban J connectivity index is 1.61. The summed E-state index contributed by atoms with van der Waals surface area (Å²) in [6.45, 7) is 3.48. The molecule has 3 aromatic rings. The van der Waals surface area contributed by atoms with E-state index in [9.17, 15) is 14.4 Å². The molecule has 0 saturated carbocycles. The molecule has 0 unspecified atom stereocenters. The number of anilines is 1. The van der Waals surface area contributed by atoms with Crippen LogP contribution in [0, 0.1) is 13.8 Å². The highest BCUT2D eigenvalue weighted by atomic mass is 16.2. The normalized spacial score (nSPS) is 10.5. The molecule has 0 aliphatic rings. The number of amides is 3. The molecule has 0 fully saturated rings. The molecule has 0 aliphatic heterocycles. The van der Waals surface area contributed by atoms with Crippen molar-refractivity contribution < 1.29 is 9.59 Å². The molecule has 0 radical (unpaired) electrons. The average Bonchev–Trinajstić information content (AvgIpc) is 3.09. The van der Waals surface area contributed by atoms with E-state index in [1.54, 1.807) is 19.1 Å². The maximum Gasteiger partial charge on any atom is 0.337 e. The van der Waals surface area contributed by atoms with Gasteiger partial charge in [-0.05, 0) is 26.0 Å². The molecule has 2 aromatic heterocycles. The molecule has 0 spiro atoms. The minimum Gasteiger partial charge on any atom is -0.307 e. The number of urea groups is 1. The summed E-state index contributed by atoms with van der Waals surface area (Å²) in [7, 11) is 0. The second-order valence-corrected chi connectivity index (χ2v) is 5.68. The van der Waals surface area contributed by atoms with Crippen LogP contribution in [0.15, 0.2) is 41.5 Å². The minimum absolute atomic E-state index is 0.140. The van der Waals surface area contributed by atoms with E-state index in [-0.39, 0.29) is 17.9 Å². The summed E-state index contributed by atoms with van der Waals surface area (Å²) in [5, 5.41) is 6.41. The van der Waals surface area contributed by atoms with Crippen molar-refractivity contribution in [2.45, 2.75) is 20.4 Å². The van der Waals surface area contributed by atoms with Crippen LogP contribution < -0.4 is 21.7 Å². The zero-order chi connectivity index (χ0) is 18.7. The molecular formula is C16H17N7O3. The van der Waals surface area contributed by atoms with E-state index in [1.165, 1.54) is 17.0 Å². The highest BCUT2D eigenvalue weighted by Crippen LogP contribution is 2.07. The third-order valence-corrected chi connectivity index (χ3v) is 3.66. The number of fused-ring (bicyclic) bond motifs is 1. The quantitative estimate of drug-likeness (QED) is 0.586. The first kappa shape index (κ1) is 17.1. The van der Waals surface area contributed by atoms with Crippen molar-refractivity contribution >= 4 is 23.4 Å². The Labute approximate surface area is 147 Å². The van der Waals surface area contributed by atoms with Crippen LogP contribution in [0.1, 0.15) is 11.3 Å². The Morgan fingerprint density at radius 3 is 2.58 bits per heavy atom. The number of hydrogen-bond donors (Lipinski definition) is 3. The van der Waals surface area contributed by atoms with Crippen molar-refractivity contribution in [2.24, 2.45) is 0 Å². The molecule has 0 bridgehead atoms. The lowest BCUT2D eigenvalue weighted by atomic mass is 10.2. The fourth-order valence-electron chi connectivity index (χ4n) is 2.35. The van der Waals surface area contributed by atoms with Gasteiger partial charge in [0, 0.05) is 17.4 Å². The maximum atomic E-state index is 12.1. The lowest BCUT2D eigenvalue weighted by Gasteiger charge is -2.12. The molecule has 3 N–H and O–H groups in total. The number of carbonyl (C=O) groups is 2. The summed E-state index contributed by atoms with van der Waals surface area (Å²) in [6.07, 6.45) is 1.23. The molecule has 1 aromatic carbocycles. The Morgan fingerprint density at radius 1 is 1.12 bits per heavy atom. The maximum absolute atomic E-state index is 12.1. The zero-order valence-corrected chi connectivity index (χ0v) is 14.2. The summed E-state index contributed by atoms with van der Waals surface area (Å²) in [5.41, 5.74) is 6.47. The van der Waals surface area contributed by atoms with E-state index >= 15 is 0 Å². The number of hydrazine groups is 1. The van der Waals surface area contributed by atoms with E-state index in [2.05, 4.69) is 26.3 Å². The van der Waals surface area contributed by atoms with Crippen molar-refractivity contribution in [3.63, 3.8) is 0 Å². The Morgan fingerprint density at radius 2 is 1.85 bits per heavy atom. The summed E-state index contributed by atoms with van der Waals surface area (Å²) in [6, 6.07) is 8.00. The second kappa shape index (κ2) is 7.05. The van der Waals surface area contributed by atoms with Crippen LogP contribution >= 0.6 is 0 Å². The summed E-state index contributed by atoms with van der Waals surface area (Å²) in [4.78, 5) is 39.7. The van der Waals surface area contributed by atoms with Crippen molar-refractivity contribution in [1.82, 2.24) is 30.0 Å². The van der Waals surface area contributed by atoms with E-state index in [0.717, 1.165) is 10.1 Å². The average molecular weight is 355 g/mol. The van der Waals surface area contributed by atoms with Crippen LogP contribution in [0.5, 0.6) is 0 Å². The summed E-state index contributed by atoms with van der Waals surface area (Å²) < 4.78 is 2.61. The monoisotopic (exact) mass is 355 g/mol. The predicted octanol–water partition coefficient (Wildman–Crippen LogP) is 0.361. The Kier molecular flexibility index (Phi) is 4.65. The fraction of sp³-hybridized carbons (Fsp3) is 0.188. The molecule has 0 atom stereocenters. The number of aryl methyl sites for hydroxylation is 2. The fourth-order valence-corrected chi connectivity index (χ4v) is 2.35. The van der Waals surface area contributed by atoms with Gasteiger partial charge >= 0.3 is 6.03 Å². The molecule has 26 heavy (non-hydrogen) atoms. The lowest BCUT2D eigenvalue weighted by Crippen LogP contribution is -2.45. The summed E-state index contributed by atoms with van der Waals surface area (Å²) in [5.74, 6) is -0.241. The van der Waals surface area contributed by atoms with Crippen molar-refractivity contribution in [1.29, 1.82) is 0 Å². The van der Waals surface area contributed by atoms with Gasteiger partial charge in [0.1, 0.15) is 12.9 Å². The van der Waals surface area contributed by atoms with Gasteiger partial charge in [-0.2, -0.15) is 14.6 Å². The lowest BCUT2D eigenvalue weighted by molar-refractivity contribution is -0.122. The second-order valence-electron chi connectivity index (χ2n) is 5.68. The van der Waals surface area contributed by atoms with Crippen molar-refractivity contribution in [3.8, 4) is 0 Å². The Bertz CT molecular complexity index is 1020. The first-order chi connectivity index (χ1) is 12.4. The standard InChI is InChI=1S/C16H17N7O3/c1-10-3-5-12(6-4-10)19-15(26)21-20-13(24)8-22-11(2)7-14(25)23-16(22)17-9-18-23/h3-7,9H,8H2,1-2H3,(H,20,24)(H2,19,21,26). The number of nitrogens with zero attached hydrogens (tertiary/aromatic N) is 4. The van der Waals surface area contributed by atoms with Crippen molar-refractivity contribution in [2.75, 3.05) is 5.32 Å². The molecule has 10 heteroatoms. The molecule has 3 rings (SSSR count). The number of carbonyl (C=O) groups excluding carboxylic acids is 2. The van der Waals surface area contributed by atoms with Gasteiger partial charge < -0.3 is 9.88 Å². The first-order valence-corrected chi connectivity index (χ1v) is 7.77. The number of benzene rings is 1. The SMILES string of the molecule is Cc1ccc(NC(=O)NNC(=O)Cn2c(C)cc(=O)n3ncnc23)cc1. The van der Waals surface area contributed by atoms with E-state index in [1.807, 2.05) is 19.1 Å². The van der Waals surface area contributed by atoms with Gasteiger partial charge in [-0.15, -0.1) is 0 Å². The van der Waals surface area contributed by atoms with Gasteiger partial charge in [-0.1, -0.05) is 17.7 Å². The zero-order valence-electron chi connectivity index (χ0n) is 14.2. The topological polar surface area (TPSA) is 122 Å². The van der Waals surface area contributed by atoms with E-state index in [4.69, 9.17) is 0 Å². The van der Waals surface area contributed by atoms with Crippen LogP contribution in [-0.4, -0.2) is 31.1 Å². The first-order valence-electron chi connectivity index (χ1n) is 7.77. The van der Waals surface area contributed by atoms with Gasteiger partial charge in [0.15, 0.2) is 0 Å². The summed E-state index contributed by atoms with van der Waals surface area (Å²) >= 11 is 0. The van der Waals surface area contributed by atoms with Crippen LogP contribution in [-0.2, 0) is 11.3 Å². The third kappa shape index (κ3) is 3.69. The number of hydrogen-bond acceptors (Lipinski definition) is 5. The smallest absolute Gasteiger partial charge is 0.307 e. The van der Waals surface area contributed by atoms with Gasteiger partial charge in [0.25, 0.3) is 11.5 Å². The highest BCUT2D eigenvalue weighted by Gasteiger charge is 2.12. The third-order valence-electron chi connectivity index (χ3n) is 3.66. The largest absolute Gasteiger partial charge is 0.337 e. The van der Waals surface area contributed by atoms with Gasteiger partial charge in [-0.3, -0.25) is 15.0 Å². The van der Waals surface area contributed by atoms with E-state index < -0.39 is 11.9 Å². The van der Waals surface area contributed by atoms with E-state index in [0.29, 0.717) is 11.4 Å². The molecule has 0 aliphatic carbocycles. The van der Waals surface area contributed by atoms with Gasteiger partial charge in [-0.25, -0.2) is 10.2 Å². The molecule has 0 saturated heterocycles. The Hall–Kier alpha value is -3.69. The number of aromatic nitrogens is 4. The minimum atomic E-state index is -0.577. The van der Waals surface area contributed by atoms with Crippen LogP contribution in [0.2, 0.25) is 0 Å². The number of nitrogens with one attached hydrogen (secondary N) is 3. The molecule has 134 valence electrons. The van der Waals surface area contributed by atoms with Gasteiger partial charge in [0.2, 0.25) is 5.78 Å². The molecule has 2 heterocycles. The molecule has 3 amide bonds. The highest BCUT2D eigenvalue weighted by molar-refractivity contribution is 5.90. The predicted molar refractivity (Wildman–Crippen MR) is 93.5 cm³/mol. The molecule has 10 nitrogen and oxygen atoms in total. The van der Waals surface area contributed by atoms with Crippen molar-refractivity contribution in [3.05, 3.63) is 58.3 Å².